The lowest BCUT2D eigenvalue weighted by atomic mass is 10.1. The summed E-state index contributed by atoms with van der Waals surface area (Å²) in [6, 6.07) is 20.1. The lowest BCUT2D eigenvalue weighted by Gasteiger charge is -2.18. The van der Waals surface area contributed by atoms with Crippen LogP contribution in [-0.4, -0.2) is 12.6 Å². The third kappa shape index (κ3) is 7.05. The number of aryl methyl sites for hydroxylation is 1. The van der Waals surface area contributed by atoms with Crippen molar-refractivity contribution < 1.29 is 9.47 Å². The lowest BCUT2D eigenvalue weighted by Crippen LogP contribution is -2.26. The van der Waals surface area contributed by atoms with Crippen molar-refractivity contribution in [3.63, 3.8) is 0 Å². The van der Waals surface area contributed by atoms with Crippen LogP contribution in [0.3, 0.4) is 0 Å². The molecule has 1 atom stereocenters. The average Bonchev–Trinajstić information content (AvgIpc) is 2.78. The first kappa shape index (κ1) is 24.7. The van der Waals surface area contributed by atoms with E-state index in [-0.39, 0.29) is 6.61 Å². The van der Waals surface area contributed by atoms with E-state index in [1.165, 1.54) is 5.56 Å². The Morgan fingerprint density at radius 2 is 1.56 bits per heavy atom. The summed E-state index contributed by atoms with van der Waals surface area (Å²) in [5.74, 6) is 1.10. The predicted molar refractivity (Wildman–Crippen MR) is 134 cm³/mol. The van der Waals surface area contributed by atoms with Crippen LogP contribution < -0.4 is 14.8 Å². The first-order valence-corrected chi connectivity index (χ1v) is 11.9. The van der Waals surface area contributed by atoms with Crippen molar-refractivity contribution in [1.29, 1.82) is 0 Å². The highest BCUT2D eigenvalue weighted by molar-refractivity contribution is 6.36. The van der Waals surface area contributed by atoms with E-state index in [1.54, 1.807) is 18.2 Å². The molecule has 0 spiro atoms. The minimum atomic E-state index is 0.201. The van der Waals surface area contributed by atoms with Crippen molar-refractivity contribution in [3.8, 4) is 11.5 Å². The molecule has 0 aliphatic heterocycles. The summed E-state index contributed by atoms with van der Waals surface area (Å²) in [7, 11) is 0. The van der Waals surface area contributed by atoms with Crippen molar-refractivity contribution in [2.45, 2.75) is 45.9 Å². The normalized spacial score (nSPS) is 11.9. The molecule has 3 rings (SSSR count). The fraction of sp³-hybridized carbons (Fsp3) is 0.308. The fourth-order valence-corrected chi connectivity index (χ4v) is 4.16. The molecule has 1 N–H and O–H groups in total. The molecule has 32 heavy (non-hydrogen) atoms. The third-order valence-corrected chi connectivity index (χ3v) is 6.14. The van der Waals surface area contributed by atoms with Crippen molar-refractivity contribution in [2.75, 3.05) is 6.61 Å². The van der Waals surface area contributed by atoms with Gasteiger partial charge in [0.1, 0.15) is 6.61 Å². The van der Waals surface area contributed by atoms with Crippen LogP contribution in [0, 0.1) is 0 Å². The highest BCUT2D eigenvalue weighted by atomic mass is 35.5. The van der Waals surface area contributed by atoms with Gasteiger partial charge < -0.3 is 14.8 Å². The molecule has 0 unspecified atom stereocenters. The standard InChI is InChI=1S/C26H28Cl3NO2/c1-3-31-25-15-20(16-30-18(2)12-13-19-8-5-4-6-9-19)14-24(29)26(25)32-17-21-22(27)10-7-11-23(21)28/h4-11,14-15,18,30H,3,12-13,16-17H2,1-2H3/t18-/m0/s1. The van der Waals surface area contributed by atoms with Crippen LogP contribution in [0.1, 0.15) is 37.0 Å². The first-order valence-electron chi connectivity index (χ1n) is 10.8. The van der Waals surface area contributed by atoms with Gasteiger partial charge in [-0.05, 0) is 62.1 Å². The van der Waals surface area contributed by atoms with Gasteiger partial charge in [-0.1, -0.05) is 71.2 Å². The highest BCUT2D eigenvalue weighted by Gasteiger charge is 2.15. The van der Waals surface area contributed by atoms with Crippen molar-refractivity contribution >= 4 is 34.8 Å². The Balaban J connectivity index is 1.64. The number of hydrogen-bond acceptors (Lipinski definition) is 3. The zero-order chi connectivity index (χ0) is 22.9. The summed E-state index contributed by atoms with van der Waals surface area (Å²) in [4.78, 5) is 0. The number of nitrogens with one attached hydrogen (secondary N) is 1. The Hall–Kier alpha value is -1.91. The molecule has 0 heterocycles. The molecular weight excluding hydrogens is 465 g/mol. The van der Waals surface area contributed by atoms with Crippen LogP contribution in [-0.2, 0) is 19.6 Å². The highest BCUT2D eigenvalue weighted by Crippen LogP contribution is 2.38. The second kappa shape index (κ2) is 12.4. The molecule has 170 valence electrons. The Morgan fingerprint density at radius 1 is 0.844 bits per heavy atom. The van der Waals surface area contributed by atoms with Gasteiger partial charge in [-0.15, -0.1) is 0 Å². The zero-order valence-corrected chi connectivity index (χ0v) is 20.6. The molecule has 3 aromatic carbocycles. The second-order valence-corrected chi connectivity index (χ2v) is 8.85. The average molecular weight is 493 g/mol. The maximum atomic E-state index is 6.57. The van der Waals surface area contributed by atoms with Gasteiger partial charge in [0.15, 0.2) is 11.5 Å². The van der Waals surface area contributed by atoms with Crippen molar-refractivity contribution in [2.24, 2.45) is 0 Å². The molecule has 6 heteroatoms. The lowest BCUT2D eigenvalue weighted by molar-refractivity contribution is 0.269. The van der Waals surface area contributed by atoms with Gasteiger partial charge in [0, 0.05) is 28.2 Å². The molecule has 0 aromatic heterocycles. The van der Waals surface area contributed by atoms with E-state index in [9.17, 15) is 0 Å². The largest absolute Gasteiger partial charge is 0.490 e. The van der Waals surface area contributed by atoms with Crippen LogP contribution in [0.5, 0.6) is 11.5 Å². The number of halogens is 3. The zero-order valence-electron chi connectivity index (χ0n) is 18.3. The summed E-state index contributed by atoms with van der Waals surface area (Å²) in [5.41, 5.74) is 3.10. The molecule has 0 amide bonds. The smallest absolute Gasteiger partial charge is 0.180 e. The number of hydrogen-bond donors (Lipinski definition) is 1. The van der Waals surface area contributed by atoms with E-state index in [0.717, 1.165) is 18.4 Å². The Bertz CT molecular complexity index is 991. The van der Waals surface area contributed by atoms with E-state index in [1.807, 2.05) is 25.1 Å². The van der Waals surface area contributed by atoms with Gasteiger partial charge in [0.05, 0.1) is 11.6 Å². The Labute approximate surface area is 205 Å². The number of rotatable bonds is 11. The SMILES string of the molecule is CCOc1cc(CN[C@@H](C)CCc2ccccc2)cc(Cl)c1OCc1c(Cl)cccc1Cl. The second-order valence-electron chi connectivity index (χ2n) is 7.63. The van der Waals surface area contributed by atoms with E-state index >= 15 is 0 Å². The summed E-state index contributed by atoms with van der Waals surface area (Å²) in [5, 5.41) is 5.17. The van der Waals surface area contributed by atoms with Gasteiger partial charge in [0.25, 0.3) is 0 Å². The van der Waals surface area contributed by atoms with Crippen molar-refractivity contribution in [3.05, 3.63) is 92.4 Å². The van der Waals surface area contributed by atoms with Gasteiger partial charge in [0.2, 0.25) is 0 Å². The van der Waals surface area contributed by atoms with Gasteiger partial charge in [-0.3, -0.25) is 0 Å². The molecular formula is C26H28Cl3NO2. The Morgan fingerprint density at radius 3 is 2.25 bits per heavy atom. The van der Waals surface area contributed by atoms with E-state index in [2.05, 4.69) is 36.5 Å². The van der Waals surface area contributed by atoms with Crippen LogP contribution in [0.15, 0.2) is 60.7 Å². The summed E-state index contributed by atoms with van der Waals surface area (Å²) in [6.45, 7) is 5.51. The van der Waals surface area contributed by atoms with E-state index in [4.69, 9.17) is 44.3 Å². The van der Waals surface area contributed by atoms with E-state index < -0.39 is 0 Å². The minimum absolute atomic E-state index is 0.201. The van der Waals surface area contributed by atoms with Crippen LogP contribution in [0.25, 0.3) is 0 Å². The van der Waals surface area contributed by atoms with E-state index in [0.29, 0.717) is 51.3 Å². The molecule has 3 aromatic rings. The summed E-state index contributed by atoms with van der Waals surface area (Å²) < 4.78 is 11.8. The molecule has 3 nitrogen and oxygen atoms in total. The molecule has 0 saturated heterocycles. The molecule has 0 aliphatic rings. The first-order chi connectivity index (χ1) is 15.5. The van der Waals surface area contributed by atoms with Gasteiger partial charge in [-0.2, -0.15) is 0 Å². The third-order valence-electron chi connectivity index (χ3n) is 5.16. The number of ether oxygens (including phenoxy) is 2. The monoisotopic (exact) mass is 491 g/mol. The molecule has 0 bridgehead atoms. The van der Waals surface area contributed by atoms with Crippen LogP contribution in [0.2, 0.25) is 15.1 Å². The van der Waals surface area contributed by atoms with Crippen LogP contribution in [0.4, 0.5) is 0 Å². The fourth-order valence-electron chi connectivity index (χ4n) is 3.36. The Kier molecular flexibility index (Phi) is 9.55. The summed E-state index contributed by atoms with van der Waals surface area (Å²) in [6.07, 6.45) is 2.09. The maximum Gasteiger partial charge on any atom is 0.180 e. The molecule has 0 fully saturated rings. The van der Waals surface area contributed by atoms with Gasteiger partial charge >= 0.3 is 0 Å². The maximum absolute atomic E-state index is 6.57. The molecule has 0 saturated carbocycles. The number of benzene rings is 3. The summed E-state index contributed by atoms with van der Waals surface area (Å²) >= 11 is 19.1. The topological polar surface area (TPSA) is 30.5 Å². The molecule has 0 aliphatic carbocycles. The molecule has 0 radical (unpaired) electrons. The predicted octanol–water partition coefficient (Wildman–Crippen LogP) is 7.74. The van der Waals surface area contributed by atoms with Gasteiger partial charge in [-0.25, -0.2) is 0 Å². The quantitative estimate of drug-likeness (QED) is 0.297. The minimum Gasteiger partial charge on any atom is -0.490 e. The van der Waals surface area contributed by atoms with Crippen molar-refractivity contribution in [1.82, 2.24) is 5.32 Å². The van der Waals surface area contributed by atoms with Crippen LogP contribution >= 0.6 is 34.8 Å².